The molecule has 0 bridgehead atoms. The molecule has 0 saturated carbocycles. The van der Waals surface area contributed by atoms with Crippen LogP contribution in [-0.2, 0) is 14.3 Å². The van der Waals surface area contributed by atoms with E-state index in [0.717, 1.165) is 16.2 Å². The van der Waals surface area contributed by atoms with Gasteiger partial charge in [0.05, 0.1) is 22.9 Å². The second-order valence-electron chi connectivity index (χ2n) is 6.79. The summed E-state index contributed by atoms with van der Waals surface area (Å²) < 4.78 is 18.2. The highest BCUT2D eigenvalue weighted by atomic mass is 35.5. The summed E-state index contributed by atoms with van der Waals surface area (Å²) in [6.07, 6.45) is 0. The van der Waals surface area contributed by atoms with Gasteiger partial charge < -0.3 is 15.0 Å². The zero-order valence-corrected chi connectivity index (χ0v) is 18.8. The van der Waals surface area contributed by atoms with Gasteiger partial charge in [-0.15, -0.1) is 11.3 Å². The van der Waals surface area contributed by atoms with Crippen LogP contribution in [0.1, 0.15) is 15.4 Å². The highest BCUT2D eigenvalue weighted by molar-refractivity contribution is 7.17. The average Bonchev–Trinajstić information content (AvgIpc) is 3.15. The maximum absolute atomic E-state index is 13.1. The minimum absolute atomic E-state index is 0.240. The Kier molecular flexibility index (Phi) is 7.55. The van der Waals surface area contributed by atoms with Crippen LogP contribution in [0.15, 0.2) is 48.5 Å². The number of anilines is 1. The highest BCUT2D eigenvalue weighted by Gasteiger charge is 2.20. The number of thiazole rings is 1. The number of carbonyl (C=O) groups is 3. The summed E-state index contributed by atoms with van der Waals surface area (Å²) in [5.74, 6) is -2.06. The molecule has 3 rings (SSSR count). The van der Waals surface area contributed by atoms with E-state index in [-0.39, 0.29) is 17.2 Å². The van der Waals surface area contributed by atoms with Gasteiger partial charge >= 0.3 is 5.97 Å². The fourth-order valence-corrected chi connectivity index (χ4v) is 3.81. The van der Waals surface area contributed by atoms with Crippen molar-refractivity contribution >= 4 is 46.4 Å². The van der Waals surface area contributed by atoms with Gasteiger partial charge in [-0.2, -0.15) is 0 Å². The molecule has 7 nitrogen and oxygen atoms in total. The first-order valence-electron chi connectivity index (χ1n) is 9.43. The number of para-hydroxylation sites is 1. The topological polar surface area (TPSA) is 88.6 Å². The van der Waals surface area contributed by atoms with E-state index in [1.807, 2.05) is 0 Å². The third-order valence-electron chi connectivity index (χ3n) is 4.35. The van der Waals surface area contributed by atoms with E-state index in [9.17, 15) is 18.8 Å². The van der Waals surface area contributed by atoms with Gasteiger partial charge in [-0.3, -0.25) is 9.59 Å². The Morgan fingerprint density at radius 1 is 1.16 bits per heavy atom. The van der Waals surface area contributed by atoms with Crippen molar-refractivity contribution in [3.8, 4) is 10.6 Å². The lowest BCUT2D eigenvalue weighted by Crippen LogP contribution is -2.37. The number of hydrogen-bond donors (Lipinski definition) is 1. The number of aromatic nitrogens is 1. The molecule has 166 valence electrons. The molecule has 2 aromatic carbocycles. The lowest BCUT2D eigenvalue weighted by atomic mass is 10.2. The summed E-state index contributed by atoms with van der Waals surface area (Å²) in [5.41, 5.74) is 1.54. The number of ether oxygens (including phenoxy) is 1. The smallest absolute Gasteiger partial charge is 0.350 e. The van der Waals surface area contributed by atoms with Crippen molar-refractivity contribution in [2.24, 2.45) is 0 Å². The van der Waals surface area contributed by atoms with Crippen molar-refractivity contribution in [2.75, 3.05) is 25.5 Å². The predicted octanol–water partition coefficient (Wildman–Crippen LogP) is 4.16. The Hall–Kier alpha value is -3.30. The molecule has 0 aliphatic rings. The van der Waals surface area contributed by atoms with Crippen molar-refractivity contribution in [2.45, 2.75) is 6.92 Å². The summed E-state index contributed by atoms with van der Waals surface area (Å²) in [6, 6.07) is 12.5. The number of esters is 1. The summed E-state index contributed by atoms with van der Waals surface area (Å²) in [7, 11) is 1.42. The van der Waals surface area contributed by atoms with E-state index in [1.54, 1.807) is 43.3 Å². The Morgan fingerprint density at radius 2 is 1.84 bits per heavy atom. The SMILES string of the molecule is Cc1nc(-c2ccc(F)cc2)sc1C(=O)OCC(=O)N(C)CC(=O)Nc1ccccc1Cl. The number of amides is 2. The monoisotopic (exact) mass is 475 g/mol. The molecule has 3 aromatic rings. The largest absolute Gasteiger partial charge is 0.451 e. The molecule has 0 aliphatic carbocycles. The number of aryl methyl sites for hydroxylation is 1. The van der Waals surface area contributed by atoms with Crippen LogP contribution in [0.3, 0.4) is 0 Å². The molecule has 0 spiro atoms. The van der Waals surface area contributed by atoms with Gasteiger partial charge in [-0.1, -0.05) is 23.7 Å². The quantitative estimate of drug-likeness (QED) is 0.518. The molecule has 0 saturated heterocycles. The van der Waals surface area contributed by atoms with Crippen LogP contribution in [0.2, 0.25) is 5.02 Å². The molecule has 0 aliphatic heterocycles. The number of likely N-dealkylation sites (N-methyl/N-ethyl adjacent to an activating group) is 1. The molecule has 2 amide bonds. The molecule has 0 unspecified atom stereocenters. The Balaban J connectivity index is 1.54. The predicted molar refractivity (Wildman–Crippen MR) is 120 cm³/mol. The van der Waals surface area contributed by atoms with Gasteiger partial charge in [0.1, 0.15) is 15.7 Å². The number of hydrogen-bond acceptors (Lipinski definition) is 6. The van der Waals surface area contributed by atoms with Crippen LogP contribution in [0.25, 0.3) is 10.6 Å². The molecule has 0 fully saturated rings. The second kappa shape index (κ2) is 10.3. The number of rotatable bonds is 7. The molecule has 0 atom stereocenters. The van der Waals surface area contributed by atoms with Crippen molar-refractivity contribution in [1.82, 2.24) is 9.88 Å². The van der Waals surface area contributed by atoms with Crippen molar-refractivity contribution in [3.63, 3.8) is 0 Å². The van der Waals surface area contributed by atoms with E-state index in [0.29, 0.717) is 27.0 Å². The van der Waals surface area contributed by atoms with Crippen LogP contribution in [0.4, 0.5) is 10.1 Å². The van der Waals surface area contributed by atoms with Gasteiger partial charge in [0.2, 0.25) is 5.91 Å². The van der Waals surface area contributed by atoms with Gasteiger partial charge in [-0.05, 0) is 43.3 Å². The van der Waals surface area contributed by atoms with E-state index in [1.165, 1.54) is 19.2 Å². The third-order valence-corrected chi connectivity index (χ3v) is 5.87. The lowest BCUT2D eigenvalue weighted by molar-refractivity contribution is -0.136. The Bertz CT molecular complexity index is 1150. The standard InChI is InChI=1S/C22H19ClFN3O4S/c1-13-20(32-21(25-13)14-7-9-15(24)10-8-14)22(30)31-12-19(29)27(2)11-18(28)26-17-6-4-3-5-16(17)23/h3-10H,11-12H2,1-2H3,(H,26,28). The molecular formula is C22H19ClFN3O4S. The minimum atomic E-state index is -0.698. The molecule has 10 heteroatoms. The fourth-order valence-electron chi connectivity index (χ4n) is 2.66. The minimum Gasteiger partial charge on any atom is -0.451 e. The first-order chi connectivity index (χ1) is 15.2. The Morgan fingerprint density at radius 3 is 2.53 bits per heavy atom. The first-order valence-corrected chi connectivity index (χ1v) is 10.6. The third kappa shape index (κ3) is 5.89. The van der Waals surface area contributed by atoms with Gasteiger partial charge in [0.25, 0.3) is 5.91 Å². The summed E-state index contributed by atoms with van der Waals surface area (Å²) >= 11 is 7.09. The van der Waals surface area contributed by atoms with Crippen LogP contribution >= 0.6 is 22.9 Å². The molecule has 0 radical (unpaired) electrons. The second-order valence-corrected chi connectivity index (χ2v) is 8.20. The van der Waals surface area contributed by atoms with Crippen molar-refractivity contribution < 1.29 is 23.5 Å². The van der Waals surface area contributed by atoms with Crippen LogP contribution in [-0.4, -0.2) is 47.9 Å². The van der Waals surface area contributed by atoms with Gasteiger partial charge in [0, 0.05) is 12.6 Å². The molecule has 1 aromatic heterocycles. The van der Waals surface area contributed by atoms with Gasteiger partial charge in [-0.25, -0.2) is 14.2 Å². The van der Waals surface area contributed by atoms with Crippen molar-refractivity contribution in [3.05, 3.63) is 69.9 Å². The van der Waals surface area contributed by atoms with Crippen molar-refractivity contribution in [1.29, 1.82) is 0 Å². The van der Waals surface area contributed by atoms with Crippen LogP contribution < -0.4 is 5.32 Å². The number of halogens is 2. The number of nitrogens with one attached hydrogen (secondary N) is 1. The molecular weight excluding hydrogens is 457 g/mol. The maximum Gasteiger partial charge on any atom is 0.350 e. The summed E-state index contributed by atoms with van der Waals surface area (Å²) in [5, 5.41) is 3.53. The number of carbonyl (C=O) groups excluding carboxylic acids is 3. The molecule has 1 heterocycles. The van der Waals surface area contributed by atoms with E-state index in [4.69, 9.17) is 16.3 Å². The Labute approximate surface area is 192 Å². The first kappa shape index (κ1) is 23.4. The number of nitrogens with zero attached hydrogens (tertiary/aromatic N) is 2. The summed E-state index contributed by atoms with van der Waals surface area (Å²) in [4.78, 5) is 42.5. The highest BCUT2D eigenvalue weighted by Crippen LogP contribution is 2.28. The lowest BCUT2D eigenvalue weighted by Gasteiger charge is -2.17. The number of benzene rings is 2. The molecule has 32 heavy (non-hydrogen) atoms. The molecule has 1 N–H and O–H groups in total. The average molecular weight is 476 g/mol. The van der Waals surface area contributed by atoms with E-state index < -0.39 is 24.4 Å². The van der Waals surface area contributed by atoms with Crippen LogP contribution in [0.5, 0.6) is 0 Å². The zero-order valence-electron chi connectivity index (χ0n) is 17.2. The normalized spacial score (nSPS) is 10.5. The fraction of sp³-hybridized carbons (Fsp3) is 0.182. The van der Waals surface area contributed by atoms with Crippen LogP contribution in [0, 0.1) is 12.7 Å². The maximum atomic E-state index is 13.1. The zero-order chi connectivity index (χ0) is 23.3. The van der Waals surface area contributed by atoms with E-state index >= 15 is 0 Å². The van der Waals surface area contributed by atoms with Gasteiger partial charge in [0.15, 0.2) is 6.61 Å². The summed E-state index contributed by atoms with van der Waals surface area (Å²) in [6.45, 7) is 0.876. The van der Waals surface area contributed by atoms with E-state index in [2.05, 4.69) is 10.3 Å².